The number of para-hydroxylation sites is 1. The van der Waals surface area contributed by atoms with Crippen LogP contribution in [0.5, 0.6) is 0 Å². The van der Waals surface area contributed by atoms with E-state index in [1.54, 1.807) is 0 Å². The van der Waals surface area contributed by atoms with E-state index in [2.05, 4.69) is 156 Å². The van der Waals surface area contributed by atoms with Crippen molar-refractivity contribution in [1.29, 1.82) is 0 Å². The Morgan fingerprint density at radius 2 is 1.08 bits per heavy atom. The topological polar surface area (TPSA) is 30.7 Å². The molecule has 0 aliphatic heterocycles. The van der Waals surface area contributed by atoms with Crippen LogP contribution in [0.25, 0.3) is 102 Å². The van der Waals surface area contributed by atoms with Crippen LogP contribution in [0.4, 0.5) is 0 Å². The Kier molecular flexibility index (Phi) is 5.26. The molecule has 0 saturated heterocycles. The maximum absolute atomic E-state index is 5.52. The van der Waals surface area contributed by atoms with Gasteiger partial charge in [-0.2, -0.15) is 0 Å². The summed E-state index contributed by atoms with van der Waals surface area (Å²) in [6.07, 6.45) is 0. The predicted molar refractivity (Wildman–Crippen MR) is 205 cm³/mol. The van der Waals surface area contributed by atoms with Crippen molar-refractivity contribution in [2.75, 3.05) is 0 Å². The SMILES string of the molecule is c1ccc(-c2nc(-n3c4ccccc4c4c5ccc6ccccc6c5c5sc6ccccc6c5c43)nc3ccc4ccccc4c23)cc1. The van der Waals surface area contributed by atoms with Gasteiger partial charge in [0.05, 0.1) is 22.2 Å². The molecule has 0 amide bonds. The summed E-state index contributed by atoms with van der Waals surface area (Å²) < 4.78 is 4.92. The molecule has 0 atom stereocenters. The zero-order valence-electron chi connectivity index (χ0n) is 25.7. The average molecular weight is 628 g/mol. The summed E-state index contributed by atoms with van der Waals surface area (Å²) in [6, 6.07) is 54.4. The average Bonchev–Trinajstić information content (AvgIpc) is 3.71. The highest BCUT2D eigenvalue weighted by molar-refractivity contribution is 7.27. The van der Waals surface area contributed by atoms with E-state index in [9.17, 15) is 0 Å². The van der Waals surface area contributed by atoms with E-state index in [4.69, 9.17) is 9.97 Å². The van der Waals surface area contributed by atoms with Crippen LogP contribution < -0.4 is 0 Å². The smallest absolute Gasteiger partial charge is 0.235 e. The molecule has 0 aliphatic carbocycles. The fourth-order valence-corrected chi connectivity index (χ4v) is 9.21. The van der Waals surface area contributed by atoms with Gasteiger partial charge < -0.3 is 0 Å². The number of fused-ring (bicyclic) bond motifs is 15. The molecule has 4 heteroatoms. The first-order chi connectivity index (χ1) is 23.8. The van der Waals surface area contributed by atoms with Gasteiger partial charge in [0, 0.05) is 47.3 Å². The predicted octanol–water partition coefficient (Wildman–Crippen LogP) is 12.2. The fourth-order valence-electron chi connectivity index (χ4n) is 7.93. The number of rotatable bonds is 2. The summed E-state index contributed by atoms with van der Waals surface area (Å²) in [5.74, 6) is 0.680. The highest BCUT2D eigenvalue weighted by Crippen LogP contribution is 2.49. The molecule has 3 aromatic heterocycles. The van der Waals surface area contributed by atoms with E-state index in [1.807, 2.05) is 11.3 Å². The summed E-state index contributed by atoms with van der Waals surface area (Å²) in [6.45, 7) is 0. The van der Waals surface area contributed by atoms with E-state index < -0.39 is 0 Å². The highest BCUT2D eigenvalue weighted by atomic mass is 32.1. The fraction of sp³-hybridized carbons (Fsp3) is 0. The lowest BCUT2D eigenvalue weighted by atomic mass is 9.95. The van der Waals surface area contributed by atoms with Crippen LogP contribution >= 0.6 is 11.3 Å². The molecule has 0 bridgehead atoms. The third-order valence-electron chi connectivity index (χ3n) is 9.96. The monoisotopic (exact) mass is 627 g/mol. The van der Waals surface area contributed by atoms with E-state index in [0.29, 0.717) is 5.95 Å². The Hall–Kier alpha value is -6.10. The summed E-state index contributed by atoms with van der Waals surface area (Å²) in [5, 5.41) is 13.5. The Labute approximate surface area is 278 Å². The van der Waals surface area contributed by atoms with Crippen molar-refractivity contribution < 1.29 is 0 Å². The molecule has 3 nitrogen and oxygen atoms in total. The number of thiophene rings is 1. The molecule has 222 valence electrons. The lowest BCUT2D eigenvalue weighted by Gasteiger charge is -2.14. The third-order valence-corrected chi connectivity index (χ3v) is 11.1. The molecule has 11 aromatic rings. The molecule has 48 heavy (non-hydrogen) atoms. The molecule has 8 aromatic carbocycles. The normalized spacial score (nSPS) is 12.2. The van der Waals surface area contributed by atoms with Gasteiger partial charge in [0.2, 0.25) is 5.95 Å². The van der Waals surface area contributed by atoms with Gasteiger partial charge in [0.15, 0.2) is 0 Å². The molecule has 0 saturated carbocycles. The molecule has 3 heterocycles. The summed E-state index contributed by atoms with van der Waals surface area (Å²) in [4.78, 5) is 10.9. The Balaban J connectivity index is 1.40. The van der Waals surface area contributed by atoms with Crippen LogP contribution in [-0.4, -0.2) is 14.5 Å². The van der Waals surface area contributed by atoms with E-state index >= 15 is 0 Å². The molecule has 0 aliphatic rings. The first-order valence-electron chi connectivity index (χ1n) is 16.3. The van der Waals surface area contributed by atoms with Gasteiger partial charge in [-0.05, 0) is 45.1 Å². The largest absolute Gasteiger partial charge is 0.277 e. The second-order valence-corrected chi connectivity index (χ2v) is 13.6. The molecule has 0 spiro atoms. The van der Waals surface area contributed by atoms with Crippen LogP contribution in [0.15, 0.2) is 152 Å². The Morgan fingerprint density at radius 3 is 1.90 bits per heavy atom. The molecular formula is C44H25N3S. The van der Waals surface area contributed by atoms with Crippen molar-refractivity contribution in [1.82, 2.24) is 14.5 Å². The van der Waals surface area contributed by atoms with Crippen molar-refractivity contribution in [2.45, 2.75) is 0 Å². The van der Waals surface area contributed by atoms with Crippen LogP contribution in [0.3, 0.4) is 0 Å². The van der Waals surface area contributed by atoms with Crippen molar-refractivity contribution in [3.63, 3.8) is 0 Å². The zero-order valence-corrected chi connectivity index (χ0v) is 26.5. The second-order valence-electron chi connectivity index (χ2n) is 12.5. The number of benzene rings is 8. The Bertz CT molecular complexity index is 3120. The summed E-state index contributed by atoms with van der Waals surface area (Å²) in [7, 11) is 0. The van der Waals surface area contributed by atoms with Crippen molar-refractivity contribution >= 4 is 96.5 Å². The van der Waals surface area contributed by atoms with Crippen molar-refractivity contribution in [2.24, 2.45) is 0 Å². The second kappa shape index (κ2) is 9.71. The number of hydrogen-bond acceptors (Lipinski definition) is 3. The number of nitrogens with zero attached hydrogens (tertiary/aromatic N) is 3. The number of aromatic nitrogens is 3. The maximum Gasteiger partial charge on any atom is 0.235 e. The van der Waals surface area contributed by atoms with Gasteiger partial charge in [-0.3, -0.25) is 4.57 Å². The van der Waals surface area contributed by atoms with Crippen LogP contribution in [0.1, 0.15) is 0 Å². The minimum absolute atomic E-state index is 0.680. The van der Waals surface area contributed by atoms with Gasteiger partial charge in [0.1, 0.15) is 0 Å². The molecule has 0 N–H and O–H groups in total. The quantitative estimate of drug-likeness (QED) is 0.179. The first kappa shape index (κ1) is 26.0. The van der Waals surface area contributed by atoms with Gasteiger partial charge in [-0.1, -0.05) is 133 Å². The van der Waals surface area contributed by atoms with Crippen LogP contribution in [0, 0.1) is 0 Å². The molecule has 0 unspecified atom stereocenters. The molecule has 0 fully saturated rings. The number of hydrogen-bond donors (Lipinski definition) is 0. The van der Waals surface area contributed by atoms with Gasteiger partial charge in [0.25, 0.3) is 0 Å². The third kappa shape index (κ3) is 3.47. The van der Waals surface area contributed by atoms with Gasteiger partial charge in [-0.15, -0.1) is 11.3 Å². The lowest BCUT2D eigenvalue weighted by molar-refractivity contribution is 1.02. The van der Waals surface area contributed by atoms with Crippen molar-refractivity contribution in [3.05, 3.63) is 152 Å². The molecule has 0 radical (unpaired) electrons. The first-order valence-corrected chi connectivity index (χ1v) is 17.1. The van der Waals surface area contributed by atoms with E-state index in [1.165, 1.54) is 57.9 Å². The van der Waals surface area contributed by atoms with Crippen LogP contribution in [-0.2, 0) is 0 Å². The Morgan fingerprint density at radius 1 is 0.438 bits per heavy atom. The molecular weight excluding hydrogens is 603 g/mol. The minimum atomic E-state index is 0.680. The maximum atomic E-state index is 5.52. The van der Waals surface area contributed by atoms with Gasteiger partial charge in [-0.25, -0.2) is 9.97 Å². The van der Waals surface area contributed by atoms with Gasteiger partial charge >= 0.3 is 0 Å². The lowest BCUT2D eigenvalue weighted by Crippen LogP contribution is -2.04. The zero-order chi connectivity index (χ0) is 31.3. The van der Waals surface area contributed by atoms with Crippen LogP contribution in [0.2, 0.25) is 0 Å². The molecule has 11 rings (SSSR count). The minimum Gasteiger partial charge on any atom is -0.277 e. The van der Waals surface area contributed by atoms with E-state index in [-0.39, 0.29) is 0 Å². The summed E-state index contributed by atoms with van der Waals surface area (Å²) in [5.41, 5.74) is 5.21. The van der Waals surface area contributed by atoms with E-state index in [0.717, 1.165) is 38.6 Å². The standard InChI is InChI=1S/C44H25N3S/c1-2-14-28(15-3-1)41-39-30-17-7-5-13-27(30)23-25-34(39)45-44(46-41)47-35-20-10-8-18-31(35)37-33-24-22-26-12-4-6-16-29(26)38(33)43-40(42(37)47)32-19-9-11-21-36(32)48-43/h1-25H. The summed E-state index contributed by atoms with van der Waals surface area (Å²) >= 11 is 1.88. The van der Waals surface area contributed by atoms with Crippen molar-refractivity contribution in [3.8, 4) is 17.2 Å². The highest BCUT2D eigenvalue weighted by Gasteiger charge is 2.25.